The smallest absolute Gasteiger partial charge is 0.0791 e. The van der Waals surface area contributed by atoms with Crippen LogP contribution in [-0.2, 0) is 0 Å². The van der Waals surface area contributed by atoms with Gasteiger partial charge in [-0.3, -0.25) is 0 Å². The molecular formula is C12H26N2O. The summed E-state index contributed by atoms with van der Waals surface area (Å²) in [7, 11) is 2.09. The topological polar surface area (TPSA) is 35.5 Å². The third-order valence-electron chi connectivity index (χ3n) is 3.06. The Morgan fingerprint density at radius 2 is 2.07 bits per heavy atom. The van der Waals surface area contributed by atoms with E-state index in [0.29, 0.717) is 6.04 Å². The Morgan fingerprint density at radius 3 is 2.60 bits per heavy atom. The van der Waals surface area contributed by atoms with Crippen molar-refractivity contribution in [1.82, 2.24) is 10.2 Å². The van der Waals surface area contributed by atoms with E-state index in [2.05, 4.69) is 31.1 Å². The number of nitrogens with one attached hydrogen (secondary N) is 1. The van der Waals surface area contributed by atoms with Gasteiger partial charge >= 0.3 is 0 Å². The molecule has 2 unspecified atom stereocenters. The van der Waals surface area contributed by atoms with Gasteiger partial charge in [0.15, 0.2) is 0 Å². The van der Waals surface area contributed by atoms with Crippen LogP contribution in [0, 0.1) is 5.92 Å². The van der Waals surface area contributed by atoms with E-state index in [0.717, 1.165) is 25.6 Å². The van der Waals surface area contributed by atoms with E-state index in [9.17, 15) is 5.11 Å². The van der Waals surface area contributed by atoms with Crippen molar-refractivity contribution in [3.63, 3.8) is 0 Å². The van der Waals surface area contributed by atoms with E-state index in [1.165, 1.54) is 19.3 Å². The van der Waals surface area contributed by atoms with Crippen LogP contribution in [0.1, 0.15) is 33.1 Å². The maximum atomic E-state index is 9.78. The van der Waals surface area contributed by atoms with Crippen LogP contribution in [0.15, 0.2) is 0 Å². The van der Waals surface area contributed by atoms with Gasteiger partial charge in [0.2, 0.25) is 0 Å². The number of likely N-dealkylation sites (N-methyl/N-ethyl adjacent to an activating group) is 1. The summed E-state index contributed by atoms with van der Waals surface area (Å²) in [5.41, 5.74) is 0. The Balaban J connectivity index is 2.03. The first-order chi connectivity index (χ1) is 7.11. The molecule has 1 aliphatic carbocycles. The second kappa shape index (κ2) is 6.46. The molecule has 1 saturated carbocycles. The van der Waals surface area contributed by atoms with Crippen LogP contribution in [0.5, 0.6) is 0 Å². The zero-order valence-electron chi connectivity index (χ0n) is 10.4. The molecule has 0 radical (unpaired) electrons. The number of hydrogen-bond acceptors (Lipinski definition) is 3. The van der Waals surface area contributed by atoms with Crippen molar-refractivity contribution < 1.29 is 5.11 Å². The second-order valence-electron chi connectivity index (χ2n) is 5.07. The predicted molar refractivity (Wildman–Crippen MR) is 64.0 cm³/mol. The molecule has 0 aromatic carbocycles. The molecule has 0 heterocycles. The minimum Gasteiger partial charge on any atom is -0.390 e. The number of aliphatic hydroxyl groups is 1. The average Bonchev–Trinajstić information content (AvgIpc) is 2.97. The summed E-state index contributed by atoms with van der Waals surface area (Å²) in [6, 6.07) is 0.694. The molecule has 0 aromatic heterocycles. The van der Waals surface area contributed by atoms with Gasteiger partial charge < -0.3 is 15.3 Å². The number of hydrogen-bond donors (Lipinski definition) is 2. The molecule has 1 aliphatic rings. The number of nitrogens with zero attached hydrogens (tertiary/aromatic N) is 1. The molecule has 0 aliphatic heterocycles. The van der Waals surface area contributed by atoms with Crippen LogP contribution in [0.2, 0.25) is 0 Å². The van der Waals surface area contributed by atoms with Gasteiger partial charge in [-0.05, 0) is 25.8 Å². The Kier molecular flexibility index (Phi) is 5.58. The lowest BCUT2D eigenvalue weighted by molar-refractivity contribution is 0.117. The van der Waals surface area contributed by atoms with Gasteiger partial charge in [-0.2, -0.15) is 0 Å². The normalized spacial score (nSPS) is 20.6. The second-order valence-corrected chi connectivity index (χ2v) is 5.07. The largest absolute Gasteiger partial charge is 0.390 e. The quantitative estimate of drug-likeness (QED) is 0.634. The van der Waals surface area contributed by atoms with Gasteiger partial charge in [0.1, 0.15) is 0 Å². The summed E-state index contributed by atoms with van der Waals surface area (Å²) in [6.45, 7) is 7.07. The minimum atomic E-state index is -0.223. The Bertz CT molecular complexity index is 171. The van der Waals surface area contributed by atoms with Crippen LogP contribution < -0.4 is 5.32 Å². The lowest BCUT2D eigenvalue weighted by atomic mass is 10.1. The standard InChI is InChI=1S/C12H26N2O/c1-4-10(2)8-14(3)9-12(15)7-13-11-5-6-11/h10-13,15H,4-9H2,1-3H3. The van der Waals surface area contributed by atoms with Crippen molar-refractivity contribution in [3.8, 4) is 0 Å². The third kappa shape index (κ3) is 6.13. The highest BCUT2D eigenvalue weighted by Crippen LogP contribution is 2.18. The van der Waals surface area contributed by atoms with Gasteiger partial charge in [-0.25, -0.2) is 0 Å². The van der Waals surface area contributed by atoms with E-state index in [-0.39, 0.29) is 6.10 Å². The van der Waals surface area contributed by atoms with Gasteiger partial charge in [-0.1, -0.05) is 20.3 Å². The summed E-state index contributed by atoms with van der Waals surface area (Å²) in [6.07, 6.45) is 3.56. The molecule has 0 bridgehead atoms. The van der Waals surface area contributed by atoms with Crippen molar-refractivity contribution >= 4 is 0 Å². The Labute approximate surface area is 93.9 Å². The van der Waals surface area contributed by atoms with Gasteiger partial charge in [0.25, 0.3) is 0 Å². The summed E-state index contributed by atoms with van der Waals surface area (Å²) in [5.74, 6) is 0.721. The molecule has 3 heteroatoms. The molecular weight excluding hydrogens is 188 g/mol. The molecule has 90 valence electrons. The van der Waals surface area contributed by atoms with Crippen LogP contribution in [0.3, 0.4) is 0 Å². The van der Waals surface area contributed by atoms with Crippen molar-refractivity contribution in [2.24, 2.45) is 5.92 Å². The Hall–Kier alpha value is -0.120. The summed E-state index contributed by atoms with van der Waals surface area (Å²) in [5, 5.41) is 13.1. The van der Waals surface area contributed by atoms with E-state index in [1.807, 2.05) is 0 Å². The van der Waals surface area contributed by atoms with Crippen LogP contribution in [-0.4, -0.2) is 48.8 Å². The number of aliphatic hydroxyl groups excluding tert-OH is 1. The maximum absolute atomic E-state index is 9.78. The minimum absolute atomic E-state index is 0.223. The molecule has 2 atom stereocenters. The third-order valence-corrected chi connectivity index (χ3v) is 3.06. The molecule has 15 heavy (non-hydrogen) atoms. The fraction of sp³-hybridized carbons (Fsp3) is 1.00. The first-order valence-electron chi connectivity index (χ1n) is 6.21. The van der Waals surface area contributed by atoms with E-state index in [1.54, 1.807) is 0 Å². The van der Waals surface area contributed by atoms with E-state index in [4.69, 9.17) is 0 Å². The lowest BCUT2D eigenvalue weighted by Crippen LogP contribution is -2.38. The summed E-state index contributed by atoms with van der Waals surface area (Å²) >= 11 is 0. The van der Waals surface area contributed by atoms with Crippen LogP contribution in [0.4, 0.5) is 0 Å². The molecule has 2 N–H and O–H groups in total. The van der Waals surface area contributed by atoms with Crippen molar-refractivity contribution in [2.75, 3.05) is 26.7 Å². The molecule has 0 saturated heterocycles. The fourth-order valence-electron chi connectivity index (χ4n) is 1.75. The zero-order valence-corrected chi connectivity index (χ0v) is 10.4. The van der Waals surface area contributed by atoms with Crippen LogP contribution >= 0.6 is 0 Å². The number of rotatable bonds is 8. The Morgan fingerprint density at radius 1 is 1.40 bits per heavy atom. The average molecular weight is 214 g/mol. The van der Waals surface area contributed by atoms with Crippen molar-refractivity contribution in [2.45, 2.75) is 45.3 Å². The molecule has 0 aromatic rings. The van der Waals surface area contributed by atoms with Gasteiger partial charge in [0.05, 0.1) is 6.10 Å². The van der Waals surface area contributed by atoms with Gasteiger partial charge in [-0.15, -0.1) is 0 Å². The first kappa shape index (κ1) is 12.9. The zero-order chi connectivity index (χ0) is 11.3. The highest BCUT2D eigenvalue weighted by Gasteiger charge is 2.21. The lowest BCUT2D eigenvalue weighted by Gasteiger charge is -2.23. The molecule has 3 nitrogen and oxygen atoms in total. The van der Waals surface area contributed by atoms with Crippen LogP contribution in [0.25, 0.3) is 0 Å². The highest BCUT2D eigenvalue weighted by molar-refractivity contribution is 4.82. The molecule has 0 amide bonds. The molecule has 1 fully saturated rings. The molecule has 0 spiro atoms. The summed E-state index contributed by atoms with van der Waals surface area (Å²) < 4.78 is 0. The SMILES string of the molecule is CCC(C)CN(C)CC(O)CNC1CC1. The van der Waals surface area contributed by atoms with E-state index >= 15 is 0 Å². The maximum Gasteiger partial charge on any atom is 0.0791 e. The van der Waals surface area contributed by atoms with Gasteiger partial charge in [0, 0.05) is 25.7 Å². The highest BCUT2D eigenvalue weighted by atomic mass is 16.3. The predicted octanol–water partition coefficient (Wildman–Crippen LogP) is 1.08. The molecule has 1 rings (SSSR count). The van der Waals surface area contributed by atoms with Crippen molar-refractivity contribution in [1.29, 1.82) is 0 Å². The first-order valence-corrected chi connectivity index (χ1v) is 6.21. The monoisotopic (exact) mass is 214 g/mol. The van der Waals surface area contributed by atoms with E-state index < -0.39 is 0 Å². The van der Waals surface area contributed by atoms with Crippen molar-refractivity contribution in [3.05, 3.63) is 0 Å². The fourth-order valence-corrected chi connectivity index (χ4v) is 1.75. The summed E-state index contributed by atoms with van der Waals surface area (Å²) in [4.78, 5) is 2.23.